The van der Waals surface area contributed by atoms with Crippen LogP contribution in [0.1, 0.15) is 38.4 Å². The standard InChI is InChI=1S/C14H16BrNO2/c1-8(2)16-12(9(3)14(17)18)7-10-5-4-6-11(15)13(10)16/h4-9H,1-3H3,(H,17,18). The topological polar surface area (TPSA) is 42.2 Å². The van der Waals surface area contributed by atoms with Crippen LogP contribution in [-0.2, 0) is 4.79 Å². The van der Waals surface area contributed by atoms with Gasteiger partial charge in [-0.2, -0.15) is 0 Å². The average molecular weight is 310 g/mol. The number of aliphatic carboxylic acids is 1. The number of carbonyl (C=O) groups is 1. The molecule has 0 spiro atoms. The van der Waals surface area contributed by atoms with Gasteiger partial charge in [-0.3, -0.25) is 4.79 Å². The summed E-state index contributed by atoms with van der Waals surface area (Å²) in [6, 6.07) is 8.15. The molecule has 1 N–H and O–H groups in total. The van der Waals surface area contributed by atoms with Gasteiger partial charge in [0.1, 0.15) is 0 Å². The molecular weight excluding hydrogens is 294 g/mol. The predicted octanol–water partition coefficient (Wildman–Crippen LogP) is 4.17. The van der Waals surface area contributed by atoms with Gasteiger partial charge in [-0.15, -0.1) is 0 Å². The first kappa shape index (κ1) is 13.1. The average Bonchev–Trinajstić information content (AvgIpc) is 2.68. The molecule has 0 amide bonds. The molecule has 4 heteroatoms. The lowest BCUT2D eigenvalue weighted by molar-refractivity contribution is -0.138. The molecule has 2 aromatic rings. The van der Waals surface area contributed by atoms with E-state index in [0.29, 0.717) is 0 Å². The number of benzene rings is 1. The molecule has 0 fully saturated rings. The van der Waals surface area contributed by atoms with Crippen LogP contribution in [0.4, 0.5) is 0 Å². The second-order valence-electron chi connectivity index (χ2n) is 4.77. The van der Waals surface area contributed by atoms with Gasteiger partial charge in [0.05, 0.1) is 11.4 Å². The first-order valence-corrected chi connectivity index (χ1v) is 6.75. The number of aromatic nitrogens is 1. The Morgan fingerprint density at radius 3 is 2.56 bits per heavy atom. The summed E-state index contributed by atoms with van der Waals surface area (Å²) >= 11 is 3.55. The van der Waals surface area contributed by atoms with Crippen molar-refractivity contribution < 1.29 is 9.90 Å². The van der Waals surface area contributed by atoms with Crippen molar-refractivity contribution in [1.82, 2.24) is 4.57 Å². The van der Waals surface area contributed by atoms with Crippen LogP contribution in [0.2, 0.25) is 0 Å². The van der Waals surface area contributed by atoms with E-state index >= 15 is 0 Å². The van der Waals surface area contributed by atoms with Gasteiger partial charge in [-0.1, -0.05) is 12.1 Å². The van der Waals surface area contributed by atoms with E-state index in [2.05, 4.69) is 34.3 Å². The normalized spacial score (nSPS) is 13.2. The zero-order valence-corrected chi connectivity index (χ0v) is 12.2. The van der Waals surface area contributed by atoms with E-state index in [4.69, 9.17) is 0 Å². The third-order valence-corrected chi connectivity index (χ3v) is 3.81. The quantitative estimate of drug-likeness (QED) is 0.924. The molecule has 1 unspecified atom stereocenters. The zero-order chi connectivity index (χ0) is 13.4. The number of para-hydroxylation sites is 1. The van der Waals surface area contributed by atoms with Gasteiger partial charge in [0.2, 0.25) is 0 Å². The van der Waals surface area contributed by atoms with E-state index in [1.807, 2.05) is 24.3 Å². The Morgan fingerprint density at radius 1 is 1.33 bits per heavy atom. The number of carboxylic acid groups (broad SMARTS) is 1. The summed E-state index contributed by atoms with van der Waals surface area (Å²) < 4.78 is 3.09. The summed E-state index contributed by atoms with van der Waals surface area (Å²) in [6.45, 7) is 5.86. The maximum Gasteiger partial charge on any atom is 0.312 e. The molecule has 0 radical (unpaired) electrons. The van der Waals surface area contributed by atoms with E-state index in [0.717, 1.165) is 21.1 Å². The number of carboxylic acids is 1. The Morgan fingerprint density at radius 2 is 2.00 bits per heavy atom. The molecule has 0 saturated heterocycles. The highest BCUT2D eigenvalue weighted by Gasteiger charge is 2.22. The highest BCUT2D eigenvalue weighted by molar-refractivity contribution is 9.10. The van der Waals surface area contributed by atoms with E-state index in [1.54, 1.807) is 6.92 Å². The van der Waals surface area contributed by atoms with E-state index in [1.165, 1.54) is 0 Å². The minimum atomic E-state index is -0.796. The third kappa shape index (κ3) is 2.05. The highest BCUT2D eigenvalue weighted by atomic mass is 79.9. The first-order chi connectivity index (χ1) is 8.43. The lowest BCUT2D eigenvalue weighted by atomic mass is 10.1. The Bertz CT molecular complexity index is 601. The van der Waals surface area contributed by atoms with Crippen LogP contribution in [0.15, 0.2) is 28.7 Å². The Balaban J connectivity index is 2.78. The van der Waals surface area contributed by atoms with Crippen molar-refractivity contribution in [2.24, 2.45) is 0 Å². The predicted molar refractivity (Wildman–Crippen MR) is 76.1 cm³/mol. The van der Waals surface area contributed by atoms with Gasteiger partial charge in [0.25, 0.3) is 0 Å². The first-order valence-electron chi connectivity index (χ1n) is 5.95. The van der Waals surface area contributed by atoms with Crippen molar-refractivity contribution in [3.8, 4) is 0 Å². The van der Waals surface area contributed by atoms with Crippen molar-refractivity contribution in [3.63, 3.8) is 0 Å². The fraction of sp³-hybridized carbons (Fsp3) is 0.357. The largest absolute Gasteiger partial charge is 0.481 e. The maximum absolute atomic E-state index is 11.2. The van der Waals surface area contributed by atoms with Gasteiger partial charge >= 0.3 is 5.97 Å². The van der Waals surface area contributed by atoms with Crippen molar-refractivity contribution in [1.29, 1.82) is 0 Å². The van der Waals surface area contributed by atoms with Crippen molar-refractivity contribution >= 4 is 32.8 Å². The molecule has 1 heterocycles. The fourth-order valence-electron chi connectivity index (χ4n) is 2.28. The SMILES string of the molecule is CC(C(=O)O)c1cc2cccc(Br)c2n1C(C)C. The van der Waals surface area contributed by atoms with Crippen LogP contribution in [0.25, 0.3) is 10.9 Å². The molecule has 3 nitrogen and oxygen atoms in total. The molecule has 18 heavy (non-hydrogen) atoms. The molecule has 0 aliphatic carbocycles. The summed E-state index contributed by atoms with van der Waals surface area (Å²) in [7, 11) is 0. The van der Waals surface area contributed by atoms with Gasteiger partial charge in [-0.05, 0) is 48.8 Å². The van der Waals surface area contributed by atoms with Crippen LogP contribution in [-0.4, -0.2) is 15.6 Å². The Kier molecular flexibility index (Phi) is 3.48. The summed E-state index contributed by atoms with van der Waals surface area (Å²) in [5.41, 5.74) is 1.91. The van der Waals surface area contributed by atoms with Crippen LogP contribution >= 0.6 is 15.9 Å². The lowest BCUT2D eigenvalue weighted by Gasteiger charge is -2.17. The third-order valence-electron chi connectivity index (χ3n) is 3.17. The molecule has 1 atom stereocenters. The number of nitrogens with zero attached hydrogens (tertiary/aromatic N) is 1. The summed E-state index contributed by atoms with van der Waals surface area (Å²) in [5.74, 6) is -1.30. The molecule has 96 valence electrons. The molecule has 1 aromatic heterocycles. The maximum atomic E-state index is 11.2. The number of fused-ring (bicyclic) bond motifs is 1. The second kappa shape index (κ2) is 4.76. The van der Waals surface area contributed by atoms with Gasteiger partial charge in [0, 0.05) is 21.6 Å². The van der Waals surface area contributed by atoms with Crippen molar-refractivity contribution in [3.05, 3.63) is 34.4 Å². The number of hydrogen-bond donors (Lipinski definition) is 1. The molecular formula is C14H16BrNO2. The lowest BCUT2D eigenvalue weighted by Crippen LogP contribution is -2.14. The van der Waals surface area contributed by atoms with E-state index in [-0.39, 0.29) is 6.04 Å². The Labute approximate surface area is 115 Å². The number of rotatable bonds is 3. The molecule has 0 bridgehead atoms. The molecule has 0 aliphatic rings. The van der Waals surface area contributed by atoms with Crippen LogP contribution in [0.3, 0.4) is 0 Å². The van der Waals surface area contributed by atoms with Crippen LogP contribution in [0.5, 0.6) is 0 Å². The molecule has 1 aromatic carbocycles. The zero-order valence-electron chi connectivity index (χ0n) is 10.6. The second-order valence-corrected chi connectivity index (χ2v) is 5.62. The van der Waals surface area contributed by atoms with E-state index in [9.17, 15) is 9.90 Å². The minimum Gasteiger partial charge on any atom is -0.481 e. The Hall–Kier alpha value is -1.29. The van der Waals surface area contributed by atoms with Gasteiger partial charge < -0.3 is 9.67 Å². The minimum absolute atomic E-state index is 0.220. The summed E-state index contributed by atoms with van der Waals surface area (Å²) in [4.78, 5) is 11.2. The number of hydrogen-bond acceptors (Lipinski definition) is 1. The fourth-order valence-corrected chi connectivity index (χ4v) is 2.85. The van der Waals surface area contributed by atoms with Crippen LogP contribution < -0.4 is 0 Å². The molecule has 0 saturated carbocycles. The monoisotopic (exact) mass is 309 g/mol. The van der Waals surface area contributed by atoms with Gasteiger partial charge in [-0.25, -0.2) is 0 Å². The molecule has 2 rings (SSSR count). The molecule has 0 aliphatic heterocycles. The van der Waals surface area contributed by atoms with Gasteiger partial charge in [0.15, 0.2) is 0 Å². The van der Waals surface area contributed by atoms with Crippen molar-refractivity contribution in [2.75, 3.05) is 0 Å². The highest BCUT2D eigenvalue weighted by Crippen LogP contribution is 2.33. The smallest absolute Gasteiger partial charge is 0.312 e. The summed E-state index contributed by atoms with van der Waals surface area (Å²) in [6.07, 6.45) is 0. The van der Waals surface area contributed by atoms with E-state index < -0.39 is 11.9 Å². The van der Waals surface area contributed by atoms with Crippen molar-refractivity contribution in [2.45, 2.75) is 32.7 Å². The number of halogens is 1. The summed E-state index contributed by atoms with van der Waals surface area (Å²) in [5, 5.41) is 10.3. The van der Waals surface area contributed by atoms with Crippen LogP contribution in [0, 0.1) is 0 Å².